The molecule has 0 saturated carbocycles. The first-order valence-corrected chi connectivity index (χ1v) is 5.89. The molecule has 0 aliphatic rings. The third-order valence-electron chi connectivity index (χ3n) is 2.51. The Kier molecular flexibility index (Phi) is 4.28. The van der Waals surface area contributed by atoms with Gasteiger partial charge >= 0.3 is 5.97 Å². The van der Waals surface area contributed by atoms with Crippen LogP contribution in [0.25, 0.3) is 0 Å². The van der Waals surface area contributed by atoms with Gasteiger partial charge in [-0.25, -0.2) is 9.48 Å². The Balaban J connectivity index is 2.11. The summed E-state index contributed by atoms with van der Waals surface area (Å²) < 4.78 is 10.9. The van der Waals surface area contributed by atoms with Crippen molar-refractivity contribution in [1.29, 1.82) is 0 Å². The molecule has 2 aromatic heterocycles. The van der Waals surface area contributed by atoms with Crippen LogP contribution in [0.5, 0.6) is 0 Å². The van der Waals surface area contributed by atoms with Crippen molar-refractivity contribution in [3.05, 3.63) is 23.2 Å². The van der Waals surface area contributed by atoms with Gasteiger partial charge in [-0.3, -0.25) is 4.79 Å². The average molecular weight is 295 g/mol. The lowest BCUT2D eigenvalue weighted by atomic mass is 10.3. The zero-order chi connectivity index (χ0) is 15.4. The van der Waals surface area contributed by atoms with Gasteiger partial charge in [0, 0.05) is 13.2 Å². The lowest BCUT2D eigenvalue weighted by molar-refractivity contribution is -0.117. The van der Waals surface area contributed by atoms with Crippen molar-refractivity contribution in [2.75, 3.05) is 12.4 Å². The minimum absolute atomic E-state index is 0.0228. The molecule has 1 amide bonds. The molecule has 2 aromatic rings. The quantitative estimate of drug-likeness (QED) is 0.764. The predicted octanol–water partition coefficient (Wildman–Crippen LogP) is 0.0578. The zero-order valence-electron chi connectivity index (χ0n) is 11.4. The van der Waals surface area contributed by atoms with Crippen LogP contribution in [0.2, 0.25) is 0 Å². The molecule has 0 aliphatic heterocycles. The Bertz CT molecular complexity index is 662. The number of ether oxygens (including phenoxy) is 1. The van der Waals surface area contributed by atoms with E-state index in [9.17, 15) is 9.59 Å². The second-order valence-electron chi connectivity index (χ2n) is 4.15. The summed E-state index contributed by atoms with van der Waals surface area (Å²) in [4.78, 5) is 22.9. The van der Waals surface area contributed by atoms with Gasteiger partial charge in [0.25, 0.3) is 0 Å². The van der Waals surface area contributed by atoms with Crippen molar-refractivity contribution in [2.45, 2.75) is 20.1 Å². The Morgan fingerprint density at radius 1 is 1.52 bits per heavy atom. The van der Waals surface area contributed by atoms with Gasteiger partial charge in [0.1, 0.15) is 12.3 Å². The van der Waals surface area contributed by atoms with Crippen molar-refractivity contribution in [3.63, 3.8) is 0 Å². The van der Waals surface area contributed by atoms with E-state index < -0.39 is 11.9 Å². The summed E-state index contributed by atoms with van der Waals surface area (Å²) in [6.45, 7) is 1.45. The number of carboxylic acids is 1. The van der Waals surface area contributed by atoms with Crippen molar-refractivity contribution in [3.8, 4) is 0 Å². The van der Waals surface area contributed by atoms with E-state index in [4.69, 9.17) is 14.4 Å². The minimum atomic E-state index is -1.24. The molecule has 2 N–H and O–H groups in total. The molecular weight excluding hydrogens is 282 g/mol. The molecule has 2 rings (SSSR count). The van der Waals surface area contributed by atoms with Crippen LogP contribution < -0.4 is 5.32 Å². The van der Waals surface area contributed by atoms with E-state index in [1.165, 1.54) is 7.11 Å². The smallest absolute Gasteiger partial charge is 0.358 e. The second-order valence-corrected chi connectivity index (χ2v) is 4.15. The fourth-order valence-corrected chi connectivity index (χ4v) is 1.65. The number of nitrogens with one attached hydrogen (secondary N) is 1. The predicted molar refractivity (Wildman–Crippen MR) is 67.6 cm³/mol. The van der Waals surface area contributed by atoms with Gasteiger partial charge in [-0.15, -0.1) is 5.10 Å². The van der Waals surface area contributed by atoms with Crippen LogP contribution in [-0.2, 0) is 22.7 Å². The van der Waals surface area contributed by atoms with Crippen molar-refractivity contribution in [1.82, 2.24) is 20.2 Å². The molecule has 0 radical (unpaired) electrons. The number of hydrogen-bond acceptors (Lipinski definition) is 7. The number of amides is 1. The molecule has 0 atom stereocenters. The van der Waals surface area contributed by atoms with Crippen molar-refractivity contribution < 1.29 is 24.0 Å². The molecule has 10 heteroatoms. The molecule has 0 spiro atoms. The van der Waals surface area contributed by atoms with Gasteiger partial charge in [-0.2, -0.15) is 0 Å². The molecule has 0 bridgehead atoms. The summed E-state index contributed by atoms with van der Waals surface area (Å²) in [6, 6.07) is 1.55. The number of carbonyl (C=O) groups excluding carboxylic acids is 1. The van der Waals surface area contributed by atoms with E-state index in [2.05, 4.69) is 20.8 Å². The molecular formula is C11H13N5O5. The van der Waals surface area contributed by atoms with Gasteiger partial charge in [-0.05, 0) is 6.92 Å². The maximum Gasteiger partial charge on any atom is 0.358 e. The van der Waals surface area contributed by atoms with Crippen LogP contribution in [0.1, 0.15) is 21.9 Å². The van der Waals surface area contributed by atoms with Gasteiger partial charge in [0.15, 0.2) is 11.5 Å². The molecule has 0 saturated heterocycles. The number of carbonyl (C=O) groups is 2. The fourth-order valence-electron chi connectivity index (χ4n) is 1.65. The number of anilines is 1. The zero-order valence-corrected chi connectivity index (χ0v) is 11.4. The standard InChI is InChI=1S/C11H13N5O5/c1-6-3-8(14-21-6)12-9(17)4-16-7(5-20-2)10(11(18)19)13-15-16/h3H,4-5H2,1-2H3,(H,18,19)(H,12,14,17). The summed E-state index contributed by atoms with van der Waals surface area (Å²) in [6.07, 6.45) is 0. The number of aryl methyl sites for hydroxylation is 1. The van der Waals surface area contributed by atoms with E-state index in [0.717, 1.165) is 4.68 Å². The Labute approximate surface area is 118 Å². The Hall–Kier alpha value is -2.75. The van der Waals surface area contributed by atoms with Crippen LogP contribution in [0.15, 0.2) is 10.6 Å². The number of carboxylic acid groups (broad SMARTS) is 1. The molecule has 21 heavy (non-hydrogen) atoms. The van der Waals surface area contributed by atoms with E-state index in [-0.39, 0.29) is 30.4 Å². The third kappa shape index (κ3) is 3.42. The fraction of sp³-hybridized carbons (Fsp3) is 0.364. The number of rotatable bonds is 6. The summed E-state index contributed by atoms with van der Waals surface area (Å²) in [5.74, 6) is -0.855. The highest BCUT2D eigenvalue weighted by atomic mass is 16.5. The van der Waals surface area contributed by atoms with Crippen LogP contribution in [0.4, 0.5) is 5.82 Å². The van der Waals surface area contributed by atoms with Gasteiger partial charge in [0.05, 0.1) is 12.3 Å². The molecule has 0 aromatic carbocycles. The van der Waals surface area contributed by atoms with Crippen LogP contribution in [0, 0.1) is 6.92 Å². The lowest BCUT2D eigenvalue weighted by Gasteiger charge is -2.05. The monoisotopic (exact) mass is 295 g/mol. The molecule has 112 valence electrons. The first-order valence-electron chi connectivity index (χ1n) is 5.89. The Morgan fingerprint density at radius 2 is 2.29 bits per heavy atom. The van der Waals surface area contributed by atoms with E-state index >= 15 is 0 Å². The second kappa shape index (κ2) is 6.13. The normalized spacial score (nSPS) is 10.6. The molecule has 0 fully saturated rings. The number of nitrogens with zero attached hydrogens (tertiary/aromatic N) is 4. The first kappa shape index (κ1) is 14.7. The molecule has 0 aliphatic carbocycles. The summed E-state index contributed by atoms with van der Waals surface area (Å²) in [5, 5.41) is 22.3. The lowest BCUT2D eigenvalue weighted by Crippen LogP contribution is -2.21. The molecule has 0 unspecified atom stereocenters. The summed E-state index contributed by atoms with van der Waals surface area (Å²) in [7, 11) is 1.40. The van der Waals surface area contributed by atoms with Crippen LogP contribution >= 0.6 is 0 Å². The molecule has 10 nitrogen and oxygen atoms in total. The third-order valence-corrected chi connectivity index (χ3v) is 2.51. The highest BCUT2D eigenvalue weighted by molar-refractivity contribution is 5.90. The number of aromatic nitrogens is 4. The number of methoxy groups -OCH3 is 1. The van der Waals surface area contributed by atoms with E-state index in [1.807, 2.05) is 0 Å². The van der Waals surface area contributed by atoms with E-state index in [1.54, 1.807) is 13.0 Å². The average Bonchev–Trinajstić information content (AvgIpc) is 2.97. The number of hydrogen-bond donors (Lipinski definition) is 2. The maximum atomic E-state index is 11.9. The van der Waals surface area contributed by atoms with E-state index in [0.29, 0.717) is 5.76 Å². The highest BCUT2D eigenvalue weighted by Gasteiger charge is 2.20. The first-order chi connectivity index (χ1) is 10.0. The Morgan fingerprint density at radius 3 is 2.86 bits per heavy atom. The van der Waals surface area contributed by atoms with Crippen LogP contribution in [0.3, 0.4) is 0 Å². The number of aromatic carboxylic acids is 1. The summed E-state index contributed by atoms with van der Waals surface area (Å²) in [5.41, 5.74) is -0.0431. The van der Waals surface area contributed by atoms with Gasteiger partial charge < -0.3 is 19.7 Å². The van der Waals surface area contributed by atoms with Gasteiger partial charge in [0.2, 0.25) is 5.91 Å². The largest absolute Gasteiger partial charge is 0.476 e. The summed E-state index contributed by atoms with van der Waals surface area (Å²) >= 11 is 0. The maximum absolute atomic E-state index is 11.9. The SMILES string of the molecule is COCc1c(C(=O)O)nnn1CC(=O)Nc1cc(C)on1. The molecule has 2 heterocycles. The topological polar surface area (TPSA) is 132 Å². The van der Waals surface area contributed by atoms with Gasteiger partial charge in [-0.1, -0.05) is 10.4 Å². The van der Waals surface area contributed by atoms with Crippen molar-refractivity contribution >= 4 is 17.7 Å². The van der Waals surface area contributed by atoms with Crippen molar-refractivity contribution in [2.24, 2.45) is 0 Å². The minimum Gasteiger partial charge on any atom is -0.476 e. The van der Waals surface area contributed by atoms with Crippen LogP contribution in [-0.4, -0.2) is 44.2 Å². The highest BCUT2D eigenvalue weighted by Crippen LogP contribution is 2.09.